The predicted molar refractivity (Wildman–Crippen MR) is 136 cm³/mol. The number of ether oxygens (including phenoxy) is 4. The molecular weight excluding hydrogens is 517 g/mol. The number of alkyl halides is 3. The van der Waals surface area contributed by atoms with E-state index in [0.717, 1.165) is 31.7 Å². The van der Waals surface area contributed by atoms with Gasteiger partial charge in [0, 0.05) is 11.6 Å². The first kappa shape index (κ1) is 30.2. The van der Waals surface area contributed by atoms with Gasteiger partial charge in [-0.15, -0.1) is 0 Å². The van der Waals surface area contributed by atoms with Crippen molar-refractivity contribution in [3.8, 4) is 23.0 Å². The molecule has 0 radical (unpaired) electrons. The van der Waals surface area contributed by atoms with E-state index in [-0.39, 0.29) is 37.9 Å². The van der Waals surface area contributed by atoms with Gasteiger partial charge in [-0.05, 0) is 69.7 Å². The highest BCUT2D eigenvalue weighted by Gasteiger charge is 2.34. The third-order valence-corrected chi connectivity index (χ3v) is 6.35. The Kier molecular flexibility index (Phi) is 11.4. The molecule has 1 aromatic carbocycles. The molecule has 1 aliphatic carbocycles. The molecule has 39 heavy (non-hydrogen) atoms. The lowest BCUT2D eigenvalue weighted by atomic mass is 9.90. The van der Waals surface area contributed by atoms with Gasteiger partial charge in [-0.25, -0.2) is 4.98 Å². The zero-order chi connectivity index (χ0) is 28.3. The molecule has 8 nitrogen and oxygen atoms in total. The first-order valence-electron chi connectivity index (χ1n) is 13.4. The summed E-state index contributed by atoms with van der Waals surface area (Å²) in [6.07, 6.45) is 1.29. The Bertz CT molecular complexity index is 1050. The molecule has 0 atom stereocenters. The highest BCUT2D eigenvalue weighted by molar-refractivity contribution is 5.94. The van der Waals surface area contributed by atoms with Crippen LogP contribution in [0, 0.1) is 11.8 Å². The van der Waals surface area contributed by atoms with Crippen LogP contribution in [0.25, 0.3) is 11.4 Å². The zero-order valence-electron chi connectivity index (χ0n) is 22.3. The van der Waals surface area contributed by atoms with Gasteiger partial charge in [-0.1, -0.05) is 19.3 Å². The first-order chi connectivity index (χ1) is 18.7. The van der Waals surface area contributed by atoms with Crippen molar-refractivity contribution in [3.63, 3.8) is 0 Å². The van der Waals surface area contributed by atoms with Crippen molar-refractivity contribution in [1.82, 2.24) is 9.97 Å². The molecule has 0 bridgehead atoms. The van der Waals surface area contributed by atoms with E-state index >= 15 is 0 Å². The summed E-state index contributed by atoms with van der Waals surface area (Å²) in [5.74, 6) is -1.72. The van der Waals surface area contributed by atoms with Gasteiger partial charge in [0.05, 0.1) is 26.4 Å². The zero-order valence-corrected chi connectivity index (χ0v) is 22.3. The molecule has 1 heterocycles. The molecule has 0 aliphatic heterocycles. The van der Waals surface area contributed by atoms with Crippen LogP contribution < -0.4 is 9.47 Å². The minimum absolute atomic E-state index is 0.0956. The number of carbonyl (C=O) groups is 2. The molecule has 0 N–H and O–H groups in total. The van der Waals surface area contributed by atoms with Crippen LogP contribution in [0.1, 0.15) is 64.5 Å². The molecule has 3 rings (SSSR count). The van der Waals surface area contributed by atoms with Gasteiger partial charge >= 0.3 is 18.1 Å². The van der Waals surface area contributed by atoms with Crippen LogP contribution in [0.15, 0.2) is 30.3 Å². The molecule has 11 heteroatoms. The second-order valence-electron chi connectivity index (χ2n) is 9.30. The standard InChI is InChI=1S/C28H35F3N2O6/c1-3-36-26(34)22(27(35)37-4-2)11-8-16-38-21-14-12-20(13-15-21)25-32-23(28(29,30)31)17-24(33-25)39-18-19-9-6-5-7-10-19/h12-15,17,19,22H,3-11,16,18H2,1-2H3. The smallest absolute Gasteiger partial charge is 0.433 e. The second kappa shape index (κ2) is 14.7. The maximum atomic E-state index is 13.5. The molecular formula is C28H35F3N2O6. The lowest BCUT2D eigenvalue weighted by Gasteiger charge is -2.21. The summed E-state index contributed by atoms with van der Waals surface area (Å²) in [6.45, 7) is 4.15. The topological polar surface area (TPSA) is 96.8 Å². The minimum Gasteiger partial charge on any atom is -0.494 e. The van der Waals surface area contributed by atoms with E-state index in [1.165, 1.54) is 6.42 Å². The molecule has 214 valence electrons. The molecule has 1 fully saturated rings. The fourth-order valence-electron chi connectivity index (χ4n) is 4.33. The highest BCUT2D eigenvalue weighted by Crippen LogP contribution is 2.32. The number of halogens is 3. The Balaban J connectivity index is 1.62. The summed E-state index contributed by atoms with van der Waals surface area (Å²) in [6, 6.07) is 7.15. The van der Waals surface area contributed by atoms with Crippen LogP contribution in [-0.2, 0) is 25.2 Å². The van der Waals surface area contributed by atoms with Crippen molar-refractivity contribution in [2.45, 2.75) is 65.0 Å². The molecule has 0 spiro atoms. The van der Waals surface area contributed by atoms with Crippen LogP contribution >= 0.6 is 0 Å². The number of hydrogen-bond donors (Lipinski definition) is 0. The van der Waals surface area contributed by atoms with Gasteiger partial charge in [0.15, 0.2) is 17.4 Å². The summed E-state index contributed by atoms with van der Waals surface area (Å²) in [4.78, 5) is 32.1. The fraction of sp³-hybridized carbons (Fsp3) is 0.571. The van der Waals surface area contributed by atoms with Crippen LogP contribution in [0.3, 0.4) is 0 Å². The van der Waals surface area contributed by atoms with Crippen molar-refractivity contribution in [1.29, 1.82) is 0 Å². The van der Waals surface area contributed by atoms with E-state index in [1.54, 1.807) is 38.1 Å². The second-order valence-corrected chi connectivity index (χ2v) is 9.30. The Labute approximate surface area is 226 Å². The summed E-state index contributed by atoms with van der Waals surface area (Å²) in [7, 11) is 0. The monoisotopic (exact) mass is 552 g/mol. The van der Waals surface area contributed by atoms with Crippen LogP contribution in [0.5, 0.6) is 11.6 Å². The van der Waals surface area contributed by atoms with Gasteiger partial charge in [0.1, 0.15) is 5.75 Å². The van der Waals surface area contributed by atoms with Gasteiger partial charge < -0.3 is 18.9 Å². The third-order valence-electron chi connectivity index (χ3n) is 6.35. The van der Waals surface area contributed by atoms with Crippen molar-refractivity contribution in [2.75, 3.05) is 26.4 Å². The largest absolute Gasteiger partial charge is 0.494 e. The summed E-state index contributed by atoms with van der Waals surface area (Å²) in [5.41, 5.74) is -0.690. The summed E-state index contributed by atoms with van der Waals surface area (Å²) < 4.78 is 61.8. The van der Waals surface area contributed by atoms with Crippen molar-refractivity contribution < 1.29 is 41.7 Å². The summed E-state index contributed by atoms with van der Waals surface area (Å²) in [5, 5.41) is 0. The van der Waals surface area contributed by atoms with E-state index < -0.39 is 29.7 Å². The predicted octanol–water partition coefficient (Wildman–Crippen LogP) is 6.02. The number of rotatable bonds is 13. The summed E-state index contributed by atoms with van der Waals surface area (Å²) >= 11 is 0. The quantitative estimate of drug-likeness (QED) is 0.169. The average Bonchev–Trinajstić information content (AvgIpc) is 2.92. The SMILES string of the molecule is CCOC(=O)C(CCCOc1ccc(-c2nc(OCC3CCCCC3)cc(C(F)(F)F)n2)cc1)C(=O)OCC. The maximum Gasteiger partial charge on any atom is 0.433 e. The third kappa shape index (κ3) is 9.40. The highest BCUT2D eigenvalue weighted by atomic mass is 19.4. The van der Waals surface area contributed by atoms with Crippen LogP contribution in [0.2, 0.25) is 0 Å². The molecule has 1 aromatic heterocycles. The van der Waals surface area contributed by atoms with Crippen LogP contribution in [-0.4, -0.2) is 48.3 Å². The molecule has 1 saturated carbocycles. The fourth-order valence-corrected chi connectivity index (χ4v) is 4.33. The lowest BCUT2D eigenvalue weighted by molar-refractivity contribution is -0.162. The molecule has 1 aliphatic rings. The van der Waals surface area contributed by atoms with Gasteiger partial charge in [0.2, 0.25) is 5.88 Å². The molecule has 0 unspecified atom stereocenters. The van der Waals surface area contributed by atoms with Crippen molar-refractivity contribution in [3.05, 3.63) is 36.0 Å². The number of esters is 2. The van der Waals surface area contributed by atoms with Gasteiger partial charge in [-0.2, -0.15) is 18.2 Å². The number of nitrogens with zero attached hydrogens (tertiary/aromatic N) is 2. The first-order valence-corrected chi connectivity index (χ1v) is 13.4. The van der Waals surface area contributed by atoms with Crippen LogP contribution in [0.4, 0.5) is 13.2 Å². The molecule has 2 aromatic rings. The number of benzene rings is 1. The number of hydrogen-bond acceptors (Lipinski definition) is 8. The Morgan fingerprint density at radius 2 is 1.59 bits per heavy atom. The van der Waals surface area contributed by atoms with E-state index in [0.29, 0.717) is 30.3 Å². The minimum atomic E-state index is -4.64. The van der Waals surface area contributed by atoms with Crippen molar-refractivity contribution >= 4 is 11.9 Å². The average molecular weight is 553 g/mol. The number of aromatic nitrogens is 2. The Morgan fingerprint density at radius 1 is 0.949 bits per heavy atom. The van der Waals surface area contributed by atoms with E-state index in [9.17, 15) is 22.8 Å². The van der Waals surface area contributed by atoms with E-state index in [2.05, 4.69) is 9.97 Å². The van der Waals surface area contributed by atoms with Crippen molar-refractivity contribution in [2.24, 2.45) is 11.8 Å². The lowest BCUT2D eigenvalue weighted by Crippen LogP contribution is -2.28. The van der Waals surface area contributed by atoms with Gasteiger partial charge in [-0.3, -0.25) is 9.59 Å². The van der Waals surface area contributed by atoms with E-state index in [4.69, 9.17) is 18.9 Å². The Hall–Kier alpha value is -3.37. The maximum absolute atomic E-state index is 13.5. The molecule has 0 amide bonds. The Morgan fingerprint density at radius 3 is 2.18 bits per heavy atom. The normalized spacial score (nSPS) is 14.2. The van der Waals surface area contributed by atoms with E-state index in [1.807, 2.05) is 0 Å². The molecule has 0 saturated heterocycles. The number of carbonyl (C=O) groups excluding carboxylic acids is 2. The van der Waals surface area contributed by atoms with Gasteiger partial charge in [0.25, 0.3) is 0 Å².